The maximum absolute atomic E-state index is 4.88. The van der Waals surface area contributed by atoms with Gasteiger partial charge in [0.2, 0.25) is 0 Å². The van der Waals surface area contributed by atoms with Crippen LogP contribution in [0.3, 0.4) is 0 Å². The summed E-state index contributed by atoms with van der Waals surface area (Å²) in [6, 6.07) is 8.47. The second-order valence-electron chi connectivity index (χ2n) is 5.57. The Morgan fingerprint density at radius 3 is 2.67 bits per heavy atom. The molecule has 0 fully saturated rings. The Kier molecular flexibility index (Phi) is 4.18. The highest BCUT2D eigenvalue weighted by atomic mass is 15.0. The second-order valence-corrected chi connectivity index (χ2v) is 5.57. The fourth-order valence-electron chi connectivity index (χ4n) is 3.07. The van der Waals surface area contributed by atoms with Crippen molar-refractivity contribution in [2.45, 2.75) is 46.0 Å². The zero-order chi connectivity index (χ0) is 14.7. The third-order valence-electron chi connectivity index (χ3n) is 4.17. The molecule has 1 N–H and O–H groups in total. The fourth-order valence-corrected chi connectivity index (χ4v) is 3.07. The molecule has 0 unspecified atom stereocenters. The van der Waals surface area contributed by atoms with Gasteiger partial charge in [-0.1, -0.05) is 31.2 Å². The molecule has 0 radical (unpaired) electrons. The standard InChI is InChI=1S/C18H23N3/c1-3-13-9-5-6-10-14(13)18-20-16-12-8-7-11-15(16)17(21-18)19-4-2/h5-6,9-10H,3-4,7-8,11-12H2,1-2H3,(H,19,20,21). The van der Waals surface area contributed by atoms with Crippen molar-refractivity contribution in [3.8, 4) is 11.4 Å². The molecule has 3 heteroatoms. The van der Waals surface area contributed by atoms with Gasteiger partial charge in [-0.25, -0.2) is 9.97 Å². The molecule has 1 aromatic heterocycles. The van der Waals surface area contributed by atoms with Crippen LogP contribution in [0.1, 0.15) is 43.5 Å². The van der Waals surface area contributed by atoms with Gasteiger partial charge in [0, 0.05) is 23.4 Å². The first kappa shape index (κ1) is 14.1. The van der Waals surface area contributed by atoms with Crippen LogP contribution < -0.4 is 5.32 Å². The Bertz CT molecular complexity index is 634. The summed E-state index contributed by atoms with van der Waals surface area (Å²) in [5, 5.41) is 3.43. The van der Waals surface area contributed by atoms with Crippen molar-refractivity contribution in [1.29, 1.82) is 0 Å². The summed E-state index contributed by atoms with van der Waals surface area (Å²) in [5.41, 5.74) is 5.07. The quantitative estimate of drug-likeness (QED) is 0.920. The summed E-state index contributed by atoms with van der Waals surface area (Å²) in [6.07, 6.45) is 5.68. The predicted molar refractivity (Wildman–Crippen MR) is 87.7 cm³/mol. The number of aryl methyl sites for hydroxylation is 2. The maximum atomic E-state index is 4.88. The molecule has 0 aliphatic heterocycles. The SMILES string of the molecule is CCNc1nc(-c2ccccc2CC)nc2c1CCCC2. The van der Waals surface area contributed by atoms with E-state index in [1.165, 1.54) is 35.2 Å². The third kappa shape index (κ3) is 2.78. The molecule has 1 aliphatic carbocycles. The minimum absolute atomic E-state index is 0.879. The number of anilines is 1. The molecule has 1 aromatic carbocycles. The van der Waals surface area contributed by atoms with Gasteiger partial charge in [-0.05, 0) is 44.6 Å². The molecule has 0 saturated carbocycles. The molecular weight excluding hydrogens is 258 g/mol. The van der Waals surface area contributed by atoms with Crippen molar-refractivity contribution >= 4 is 5.82 Å². The molecule has 1 aliphatic rings. The smallest absolute Gasteiger partial charge is 0.162 e. The van der Waals surface area contributed by atoms with Crippen molar-refractivity contribution in [1.82, 2.24) is 9.97 Å². The van der Waals surface area contributed by atoms with Crippen LogP contribution in [-0.4, -0.2) is 16.5 Å². The summed E-state index contributed by atoms with van der Waals surface area (Å²) in [6.45, 7) is 5.21. The highest BCUT2D eigenvalue weighted by molar-refractivity contribution is 5.64. The van der Waals surface area contributed by atoms with Crippen LogP contribution in [-0.2, 0) is 19.3 Å². The molecular formula is C18H23N3. The minimum atomic E-state index is 0.879. The van der Waals surface area contributed by atoms with E-state index in [1.807, 2.05) is 0 Å². The van der Waals surface area contributed by atoms with Crippen LogP contribution in [0.4, 0.5) is 5.82 Å². The van der Waals surface area contributed by atoms with E-state index in [0.717, 1.165) is 37.4 Å². The number of nitrogens with zero attached hydrogens (tertiary/aromatic N) is 2. The zero-order valence-corrected chi connectivity index (χ0v) is 12.9. The first-order valence-electron chi connectivity index (χ1n) is 8.05. The molecule has 0 saturated heterocycles. The van der Waals surface area contributed by atoms with E-state index in [9.17, 15) is 0 Å². The van der Waals surface area contributed by atoms with Gasteiger partial charge in [-0.2, -0.15) is 0 Å². The lowest BCUT2D eigenvalue weighted by Crippen LogP contribution is -2.13. The molecule has 3 rings (SSSR count). The largest absolute Gasteiger partial charge is 0.370 e. The molecule has 3 nitrogen and oxygen atoms in total. The topological polar surface area (TPSA) is 37.8 Å². The van der Waals surface area contributed by atoms with Crippen LogP contribution in [0.15, 0.2) is 24.3 Å². The lowest BCUT2D eigenvalue weighted by atomic mass is 9.95. The Morgan fingerprint density at radius 1 is 1.05 bits per heavy atom. The van der Waals surface area contributed by atoms with Crippen molar-refractivity contribution in [3.63, 3.8) is 0 Å². The Hall–Kier alpha value is -1.90. The van der Waals surface area contributed by atoms with E-state index in [2.05, 4.69) is 43.4 Å². The van der Waals surface area contributed by atoms with Gasteiger partial charge in [0.1, 0.15) is 5.82 Å². The maximum Gasteiger partial charge on any atom is 0.162 e. The van der Waals surface area contributed by atoms with Crippen molar-refractivity contribution < 1.29 is 0 Å². The van der Waals surface area contributed by atoms with E-state index in [1.54, 1.807) is 0 Å². The highest BCUT2D eigenvalue weighted by Crippen LogP contribution is 2.29. The summed E-state index contributed by atoms with van der Waals surface area (Å²) in [4.78, 5) is 9.72. The van der Waals surface area contributed by atoms with E-state index in [-0.39, 0.29) is 0 Å². The van der Waals surface area contributed by atoms with E-state index >= 15 is 0 Å². The van der Waals surface area contributed by atoms with Gasteiger partial charge >= 0.3 is 0 Å². The molecule has 0 bridgehead atoms. The second kappa shape index (κ2) is 6.25. The molecule has 0 atom stereocenters. The fraction of sp³-hybridized carbons (Fsp3) is 0.444. The van der Waals surface area contributed by atoms with Gasteiger partial charge < -0.3 is 5.32 Å². The molecule has 110 valence electrons. The summed E-state index contributed by atoms with van der Waals surface area (Å²) < 4.78 is 0. The Balaban J connectivity index is 2.12. The lowest BCUT2D eigenvalue weighted by molar-refractivity contribution is 0.664. The number of hydrogen-bond donors (Lipinski definition) is 1. The van der Waals surface area contributed by atoms with E-state index < -0.39 is 0 Å². The van der Waals surface area contributed by atoms with Crippen molar-refractivity contribution in [2.75, 3.05) is 11.9 Å². The number of benzene rings is 1. The summed E-state index contributed by atoms with van der Waals surface area (Å²) >= 11 is 0. The van der Waals surface area contributed by atoms with Gasteiger partial charge in [0.15, 0.2) is 5.82 Å². The Labute approximate surface area is 126 Å². The zero-order valence-electron chi connectivity index (χ0n) is 12.9. The molecule has 1 heterocycles. The normalized spacial score (nSPS) is 13.8. The molecule has 0 spiro atoms. The average molecular weight is 281 g/mol. The minimum Gasteiger partial charge on any atom is -0.370 e. The predicted octanol–water partition coefficient (Wildman–Crippen LogP) is 4.02. The first-order valence-corrected chi connectivity index (χ1v) is 8.05. The lowest BCUT2D eigenvalue weighted by Gasteiger charge is -2.20. The molecule has 21 heavy (non-hydrogen) atoms. The van der Waals surface area contributed by atoms with Crippen molar-refractivity contribution in [2.24, 2.45) is 0 Å². The number of nitrogens with one attached hydrogen (secondary N) is 1. The highest BCUT2D eigenvalue weighted by Gasteiger charge is 2.18. The van der Waals surface area contributed by atoms with E-state index in [4.69, 9.17) is 9.97 Å². The molecule has 2 aromatic rings. The van der Waals surface area contributed by atoms with Gasteiger partial charge in [-0.3, -0.25) is 0 Å². The number of aromatic nitrogens is 2. The summed E-state index contributed by atoms with van der Waals surface area (Å²) in [7, 11) is 0. The van der Waals surface area contributed by atoms with Crippen LogP contribution in [0.25, 0.3) is 11.4 Å². The summed E-state index contributed by atoms with van der Waals surface area (Å²) in [5.74, 6) is 1.92. The van der Waals surface area contributed by atoms with Crippen LogP contribution in [0.2, 0.25) is 0 Å². The number of rotatable bonds is 4. The first-order chi connectivity index (χ1) is 10.3. The third-order valence-corrected chi connectivity index (χ3v) is 4.17. The van der Waals surface area contributed by atoms with Gasteiger partial charge in [0.25, 0.3) is 0 Å². The Morgan fingerprint density at radius 2 is 1.86 bits per heavy atom. The van der Waals surface area contributed by atoms with Crippen LogP contribution >= 0.6 is 0 Å². The van der Waals surface area contributed by atoms with Crippen LogP contribution in [0.5, 0.6) is 0 Å². The monoisotopic (exact) mass is 281 g/mol. The van der Waals surface area contributed by atoms with E-state index in [0.29, 0.717) is 0 Å². The van der Waals surface area contributed by atoms with Gasteiger partial charge in [-0.15, -0.1) is 0 Å². The van der Waals surface area contributed by atoms with Gasteiger partial charge in [0.05, 0.1) is 0 Å². The average Bonchev–Trinajstić information content (AvgIpc) is 2.55. The van der Waals surface area contributed by atoms with Crippen molar-refractivity contribution in [3.05, 3.63) is 41.1 Å². The molecule has 0 amide bonds. The van der Waals surface area contributed by atoms with Crippen LogP contribution in [0, 0.1) is 0 Å². The number of hydrogen-bond acceptors (Lipinski definition) is 3. The number of fused-ring (bicyclic) bond motifs is 1.